The second-order valence-electron chi connectivity index (χ2n) is 4.09. The zero-order chi connectivity index (χ0) is 12.4. The summed E-state index contributed by atoms with van der Waals surface area (Å²) in [5, 5.41) is 9.74. The molecule has 17 heavy (non-hydrogen) atoms. The molecule has 2 rings (SSSR count). The van der Waals surface area contributed by atoms with Gasteiger partial charge in [0.2, 0.25) is 5.91 Å². The van der Waals surface area contributed by atoms with Gasteiger partial charge in [-0.15, -0.1) is 11.3 Å². The summed E-state index contributed by atoms with van der Waals surface area (Å²) in [6.45, 7) is 2.79. The number of carboxylic acids is 1. The van der Waals surface area contributed by atoms with Crippen LogP contribution in [0.3, 0.4) is 0 Å². The Morgan fingerprint density at radius 1 is 1.71 bits per heavy atom. The summed E-state index contributed by atoms with van der Waals surface area (Å²) in [5.74, 6) is -1.55. The first-order valence-electron chi connectivity index (χ1n) is 5.54. The predicted octanol–water partition coefficient (Wildman–Crippen LogP) is 1.14. The van der Waals surface area contributed by atoms with Crippen LogP contribution in [0.2, 0.25) is 0 Å². The maximum Gasteiger partial charge on any atom is 0.308 e. The standard InChI is InChI=1S/C11H14N2O3S/c1-2-8-4-12-9(17-8)6-13-5-7(11(15)16)3-10(13)14/h4,7H,2-3,5-6H2,1H3,(H,15,16). The monoisotopic (exact) mass is 254 g/mol. The molecule has 1 saturated heterocycles. The molecule has 1 amide bonds. The van der Waals surface area contributed by atoms with Crippen molar-refractivity contribution in [3.63, 3.8) is 0 Å². The van der Waals surface area contributed by atoms with E-state index in [9.17, 15) is 9.59 Å². The van der Waals surface area contributed by atoms with E-state index in [0.29, 0.717) is 13.1 Å². The third-order valence-corrected chi connectivity index (χ3v) is 3.97. The molecule has 0 saturated carbocycles. The SMILES string of the molecule is CCc1cnc(CN2CC(C(=O)O)CC2=O)s1. The van der Waals surface area contributed by atoms with E-state index in [1.165, 1.54) is 4.88 Å². The number of aliphatic carboxylic acids is 1. The molecule has 0 bridgehead atoms. The van der Waals surface area contributed by atoms with Gasteiger partial charge in [0.05, 0.1) is 12.5 Å². The maximum atomic E-state index is 11.6. The topological polar surface area (TPSA) is 70.5 Å². The number of thiazole rings is 1. The Labute approximate surface area is 103 Å². The summed E-state index contributed by atoms with van der Waals surface area (Å²) in [5.41, 5.74) is 0. The van der Waals surface area contributed by atoms with Gasteiger partial charge in [0.15, 0.2) is 0 Å². The molecule has 2 heterocycles. The van der Waals surface area contributed by atoms with E-state index >= 15 is 0 Å². The van der Waals surface area contributed by atoms with Crippen molar-refractivity contribution >= 4 is 23.2 Å². The van der Waals surface area contributed by atoms with Crippen LogP contribution >= 0.6 is 11.3 Å². The van der Waals surface area contributed by atoms with Crippen molar-refractivity contribution < 1.29 is 14.7 Å². The molecule has 1 unspecified atom stereocenters. The summed E-state index contributed by atoms with van der Waals surface area (Å²) in [4.78, 5) is 29.4. The minimum atomic E-state index is -0.894. The fourth-order valence-electron chi connectivity index (χ4n) is 1.84. The third-order valence-electron chi connectivity index (χ3n) is 2.84. The number of likely N-dealkylation sites (tertiary alicyclic amines) is 1. The molecular weight excluding hydrogens is 240 g/mol. The third kappa shape index (κ3) is 2.63. The Balaban J connectivity index is 2.00. The average molecular weight is 254 g/mol. The number of aryl methyl sites for hydroxylation is 1. The van der Waals surface area contributed by atoms with E-state index in [1.54, 1.807) is 16.2 Å². The summed E-state index contributed by atoms with van der Waals surface area (Å²) in [6, 6.07) is 0. The van der Waals surface area contributed by atoms with Crippen LogP contribution in [-0.4, -0.2) is 33.4 Å². The number of rotatable bonds is 4. The summed E-state index contributed by atoms with van der Waals surface area (Å²) in [6.07, 6.45) is 2.86. The highest BCUT2D eigenvalue weighted by molar-refractivity contribution is 7.11. The number of amides is 1. The highest BCUT2D eigenvalue weighted by atomic mass is 32.1. The van der Waals surface area contributed by atoms with Crippen LogP contribution in [0.25, 0.3) is 0 Å². The lowest BCUT2D eigenvalue weighted by molar-refractivity contribution is -0.141. The van der Waals surface area contributed by atoms with Gasteiger partial charge in [-0.05, 0) is 6.42 Å². The number of carbonyl (C=O) groups excluding carboxylic acids is 1. The Kier molecular flexibility index (Phi) is 3.42. The second kappa shape index (κ2) is 4.83. The van der Waals surface area contributed by atoms with Crippen LogP contribution in [0, 0.1) is 5.92 Å². The lowest BCUT2D eigenvalue weighted by atomic mass is 10.1. The van der Waals surface area contributed by atoms with Gasteiger partial charge in [-0.1, -0.05) is 6.92 Å². The normalized spacial score (nSPS) is 19.9. The quantitative estimate of drug-likeness (QED) is 0.874. The highest BCUT2D eigenvalue weighted by Gasteiger charge is 2.34. The van der Waals surface area contributed by atoms with Crippen molar-refractivity contribution in [2.24, 2.45) is 5.92 Å². The fourth-order valence-corrected chi connectivity index (χ4v) is 2.72. The minimum absolute atomic E-state index is 0.0920. The van der Waals surface area contributed by atoms with Gasteiger partial charge in [0.25, 0.3) is 0 Å². The zero-order valence-corrected chi connectivity index (χ0v) is 10.4. The number of aromatic nitrogens is 1. The first kappa shape index (κ1) is 12.0. The molecule has 1 N–H and O–H groups in total. The van der Waals surface area contributed by atoms with Crippen molar-refractivity contribution in [3.05, 3.63) is 16.1 Å². The van der Waals surface area contributed by atoms with E-state index in [-0.39, 0.29) is 12.3 Å². The molecule has 92 valence electrons. The first-order valence-corrected chi connectivity index (χ1v) is 6.36. The van der Waals surface area contributed by atoms with Crippen LogP contribution in [0.15, 0.2) is 6.20 Å². The average Bonchev–Trinajstić information content (AvgIpc) is 2.87. The van der Waals surface area contributed by atoms with Crippen molar-refractivity contribution in [1.82, 2.24) is 9.88 Å². The number of hydrogen-bond donors (Lipinski definition) is 1. The van der Waals surface area contributed by atoms with Gasteiger partial charge in [-0.2, -0.15) is 0 Å². The number of hydrogen-bond acceptors (Lipinski definition) is 4. The van der Waals surface area contributed by atoms with Gasteiger partial charge in [-0.3, -0.25) is 9.59 Å². The van der Waals surface area contributed by atoms with Crippen molar-refractivity contribution in [3.8, 4) is 0 Å². The molecule has 6 heteroatoms. The van der Waals surface area contributed by atoms with E-state index in [1.807, 2.05) is 6.20 Å². The van der Waals surface area contributed by atoms with Gasteiger partial charge in [0.1, 0.15) is 5.01 Å². The Hall–Kier alpha value is -1.43. The Bertz CT molecular complexity index is 444. The summed E-state index contributed by atoms with van der Waals surface area (Å²) < 4.78 is 0. The second-order valence-corrected chi connectivity index (χ2v) is 5.29. The zero-order valence-electron chi connectivity index (χ0n) is 9.55. The lowest BCUT2D eigenvalue weighted by Crippen LogP contribution is -2.25. The summed E-state index contributed by atoms with van der Waals surface area (Å²) >= 11 is 1.58. The summed E-state index contributed by atoms with van der Waals surface area (Å²) in [7, 11) is 0. The predicted molar refractivity (Wildman–Crippen MR) is 62.7 cm³/mol. The molecule has 5 nitrogen and oxygen atoms in total. The Morgan fingerprint density at radius 3 is 3.00 bits per heavy atom. The molecule has 0 aromatic carbocycles. The van der Waals surface area contributed by atoms with Gasteiger partial charge >= 0.3 is 5.97 Å². The molecule has 0 aliphatic carbocycles. The van der Waals surface area contributed by atoms with Crippen LogP contribution in [0.1, 0.15) is 23.2 Å². The van der Waals surface area contributed by atoms with Crippen LogP contribution in [0.4, 0.5) is 0 Å². The van der Waals surface area contributed by atoms with E-state index < -0.39 is 11.9 Å². The van der Waals surface area contributed by atoms with Crippen molar-refractivity contribution in [2.45, 2.75) is 26.3 Å². The Morgan fingerprint density at radius 2 is 2.47 bits per heavy atom. The van der Waals surface area contributed by atoms with Crippen LogP contribution < -0.4 is 0 Å². The molecule has 1 aliphatic rings. The van der Waals surface area contributed by atoms with E-state index in [2.05, 4.69) is 11.9 Å². The van der Waals surface area contributed by atoms with Crippen molar-refractivity contribution in [2.75, 3.05) is 6.54 Å². The molecule has 0 spiro atoms. The smallest absolute Gasteiger partial charge is 0.308 e. The number of carbonyl (C=O) groups is 2. The van der Waals surface area contributed by atoms with Gasteiger partial charge in [0, 0.05) is 24.0 Å². The first-order chi connectivity index (χ1) is 8.10. The molecule has 1 atom stereocenters. The molecular formula is C11H14N2O3S. The van der Waals surface area contributed by atoms with E-state index in [0.717, 1.165) is 11.4 Å². The molecule has 1 fully saturated rings. The van der Waals surface area contributed by atoms with Crippen LogP contribution in [0.5, 0.6) is 0 Å². The maximum absolute atomic E-state index is 11.6. The van der Waals surface area contributed by atoms with E-state index in [4.69, 9.17) is 5.11 Å². The highest BCUT2D eigenvalue weighted by Crippen LogP contribution is 2.22. The van der Waals surface area contributed by atoms with Crippen molar-refractivity contribution in [1.29, 1.82) is 0 Å². The molecule has 1 aliphatic heterocycles. The van der Waals surface area contributed by atoms with Gasteiger partial charge in [-0.25, -0.2) is 4.98 Å². The number of nitrogens with zero attached hydrogens (tertiary/aromatic N) is 2. The molecule has 0 radical (unpaired) electrons. The van der Waals surface area contributed by atoms with Gasteiger partial charge < -0.3 is 10.0 Å². The minimum Gasteiger partial charge on any atom is -0.481 e. The van der Waals surface area contributed by atoms with Crippen LogP contribution in [-0.2, 0) is 22.6 Å². The number of carboxylic acid groups (broad SMARTS) is 1. The lowest BCUT2D eigenvalue weighted by Gasteiger charge is -2.13. The largest absolute Gasteiger partial charge is 0.481 e. The molecule has 1 aromatic heterocycles. The fraction of sp³-hybridized carbons (Fsp3) is 0.545. The molecule has 1 aromatic rings.